The molecule has 4 nitrogen and oxygen atoms in total. The van der Waals surface area contributed by atoms with Crippen molar-refractivity contribution in [3.63, 3.8) is 0 Å². The largest absolute Gasteiger partial charge is 0.384 e. The van der Waals surface area contributed by atoms with Gasteiger partial charge in [-0.05, 0) is 30.7 Å². The number of aryl methyl sites for hydroxylation is 1. The third kappa shape index (κ3) is 3.61. The van der Waals surface area contributed by atoms with E-state index in [0.717, 1.165) is 29.2 Å². The molecule has 3 rings (SSSR count). The minimum absolute atomic E-state index is 0.580. The van der Waals surface area contributed by atoms with Gasteiger partial charge in [0.05, 0.1) is 6.54 Å². The van der Waals surface area contributed by atoms with E-state index in [9.17, 15) is 5.11 Å². The van der Waals surface area contributed by atoms with E-state index in [1.54, 1.807) is 12.3 Å². The zero-order chi connectivity index (χ0) is 16.9. The van der Waals surface area contributed by atoms with Gasteiger partial charge < -0.3 is 15.0 Å². The van der Waals surface area contributed by atoms with Crippen LogP contribution in [-0.4, -0.2) is 14.7 Å². The minimum atomic E-state index is -0.738. The fraction of sp³-hybridized carbons (Fsp3) is 0.211. The van der Waals surface area contributed by atoms with Gasteiger partial charge in [0.15, 0.2) is 0 Å². The molecule has 0 aliphatic carbocycles. The van der Waals surface area contributed by atoms with Gasteiger partial charge in [-0.1, -0.05) is 41.9 Å². The number of aromatic nitrogens is 2. The summed E-state index contributed by atoms with van der Waals surface area (Å²) < 4.78 is 2.08. The van der Waals surface area contributed by atoms with Crippen LogP contribution in [0.5, 0.6) is 0 Å². The van der Waals surface area contributed by atoms with Crippen LogP contribution in [0.2, 0.25) is 5.02 Å². The molecule has 0 fully saturated rings. The first-order valence-electron chi connectivity index (χ1n) is 7.95. The van der Waals surface area contributed by atoms with Crippen molar-refractivity contribution in [2.24, 2.45) is 0 Å². The van der Waals surface area contributed by atoms with E-state index in [-0.39, 0.29) is 0 Å². The predicted octanol–water partition coefficient (Wildman–Crippen LogP) is 4.25. The molecule has 1 atom stereocenters. The third-order valence-corrected chi connectivity index (χ3v) is 4.24. The average Bonchev–Trinajstić information content (AvgIpc) is 3.08. The number of imidazole rings is 1. The number of nitrogens with one attached hydrogen (secondary N) is 1. The standard InChI is InChI=1S/C19H20ClN3O/c1-2-23-11-10-21-18(23)13-22-17-9-8-15(20)12-16(17)19(24)14-6-4-3-5-7-14/h3-12,19,22,24H,2,13H2,1H3. The van der Waals surface area contributed by atoms with E-state index in [0.29, 0.717) is 11.6 Å². The highest BCUT2D eigenvalue weighted by Gasteiger charge is 2.15. The number of aliphatic hydroxyl groups is 1. The molecule has 1 unspecified atom stereocenters. The zero-order valence-corrected chi connectivity index (χ0v) is 14.2. The summed E-state index contributed by atoms with van der Waals surface area (Å²) in [6.07, 6.45) is 3.01. The van der Waals surface area contributed by atoms with E-state index in [2.05, 4.69) is 21.8 Å². The van der Waals surface area contributed by atoms with Gasteiger partial charge in [0.1, 0.15) is 11.9 Å². The molecule has 0 aliphatic heterocycles. The second kappa shape index (κ2) is 7.51. The second-order valence-corrected chi connectivity index (χ2v) is 5.96. The summed E-state index contributed by atoms with van der Waals surface area (Å²) in [6.45, 7) is 3.53. The Morgan fingerprint density at radius 2 is 2.00 bits per heavy atom. The molecule has 5 heteroatoms. The van der Waals surface area contributed by atoms with Crippen LogP contribution in [0, 0.1) is 0 Å². The van der Waals surface area contributed by atoms with Crippen LogP contribution in [0.4, 0.5) is 5.69 Å². The highest BCUT2D eigenvalue weighted by Crippen LogP contribution is 2.31. The van der Waals surface area contributed by atoms with Crippen molar-refractivity contribution in [2.45, 2.75) is 26.1 Å². The summed E-state index contributed by atoms with van der Waals surface area (Å²) in [5.74, 6) is 0.951. The molecular weight excluding hydrogens is 322 g/mol. The van der Waals surface area contributed by atoms with Crippen LogP contribution < -0.4 is 5.32 Å². The van der Waals surface area contributed by atoms with E-state index >= 15 is 0 Å². The molecule has 0 spiro atoms. The second-order valence-electron chi connectivity index (χ2n) is 5.53. The number of aliphatic hydroxyl groups excluding tert-OH is 1. The fourth-order valence-electron chi connectivity index (χ4n) is 2.71. The topological polar surface area (TPSA) is 50.1 Å². The Morgan fingerprint density at radius 3 is 2.75 bits per heavy atom. The number of halogens is 1. The molecular formula is C19H20ClN3O. The van der Waals surface area contributed by atoms with Crippen LogP contribution >= 0.6 is 11.6 Å². The van der Waals surface area contributed by atoms with Crippen LogP contribution in [0.1, 0.15) is 30.0 Å². The summed E-state index contributed by atoms with van der Waals surface area (Å²) in [5.41, 5.74) is 2.43. The highest BCUT2D eigenvalue weighted by atomic mass is 35.5. The van der Waals surface area contributed by atoms with E-state index in [4.69, 9.17) is 11.6 Å². The molecule has 0 bridgehead atoms. The first-order valence-corrected chi connectivity index (χ1v) is 8.33. The van der Waals surface area contributed by atoms with Gasteiger partial charge in [-0.25, -0.2) is 4.98 Å². The Hall–Kier alpha value is -2.30. The first kappa shape index (κ1) is 16.6. The zero-order valence-electron chi connectivity index (χ0n) is 13.5. The van der Waals surface area contributed by atoms with Crippen LogP contribution in [0.25, 0.3) is 0 Å². The summed E-state index contributed by atoms with van der Waals surface area (Å²) >= 11 is 6.14. The summed E-state index contributed by atoms with van der Waals surface area (Å²) in [4.78, 5) is 4.36. The molecule has 2 aromatic carbocycles. The predicted molar refractivity (Wildman–Crippen MR) is 97.2 cm³/mol. The minimum Gasteiger partial charge on any atom is -0.384 e. The Bertz CT molecular complexity index is 801. The number of hydrogen-bond acceptors (Lipinski definition) is 3. The monoisotopic (exact) mass is 341 g/mol. The Balaban J connectivity index is 1.86. The molecule has 1 aromatic heterocycles. The van der Waals surface area contributed by atoms with Gasteiger partial charge in [0, 0.05) is 35.2 Å². The lowest BCUT2D eigenvalue weighted by Crippen LogP contribution is -2.10. The van der Waals surface area contributed by atoms with Gasteiger partial charge in [0.25, 0.3) is 0 Å². The van der Waals surface area contributed by atoms with Crippen molar-refractivity contribution in [1.29, 1.82) is 0 Å². The van der Waals surface area contributed by atoms with Gasteiger partial charge >= 0.3 is 0 Å². The quantitative estimate of drug-likeness (QED) is 0.704. The number of anilines is 1. The average molecular weight is 342 g/mol. The Kier molecular flexibility index (Phi) is 5.18. The number of benzene rings is 2. The molecule has 24 heavy (non-hydrogen) atoms. The summed E-state index contributed by atoms with van der Waals surface area (Å²) in [7, 11) is 0. The maximum atomic E-state index is 10.7. The molecule has 0 saturated carbocycles. The van der Waals surface area contributed by atoms with Crippen LogP contribution in [-0.2, 0) is 13.1 Å². The lowest BCUT2D eigenvalue weighted by molar-refractivity contribution is 0.221. The van der Waals surface area contributed by atoms with Crippen molar-refractivity contribution in [2.75, 3.05) is 5.32 Å². The summed E-state index contributed by atoms with van der Waals surface area (Å²) in [6, 6.07) is 15.1. The Labute approximate surface area is 146 Å². The van der Waals surface area contributed by atoms with E-state index in [1.165, 1.54) is 0 Å². The molecule has 0 amide bonds. The Morgan fingerprint density at radius 1 is 1.21 bits per heavy atom. The van der Waals surface area contributed by atoms with Crippen molar-refractivity contribution >= 4 is 17.3 Å². The van der Waals surface area contributed by atoms with Crippen LogP contribution in [0.3, 0.4) is 0 Å². The number of nitrogens with zero attached hydrogens (tertiary/aromatic N) is 2. The van der Waals surface area contributed by atoms with Crippen molar-refractivity contribution in [3.8, 4) is 0 Å². The van der Waals surface area contributed by atoms with Gasteiger partial charge in [0.2, 0.25) is 0 Å². The maximum Gasteiger partial charge on any atom is 0.128 e. The lowest BCUT2D eigenvalue weighted by atomic mass is 10.00. The van der Waals surface area contributed by atoms with Gasteiger partial charge in [-0.2, -0.15) is 0 Å². The van der Waals surface area contributed by atoms with E-state index < -0.39 is 6.10 Å². The highest BCUT2D eigenvalue weighted by molar-refractivity contribution is 6.30. The molecule has 1 heterocycles. The van der Waals surface area contributed by atoms with E-state index in [1.807, 2.05) is 48.7 Å². The van der Waals surface area contributed by atoms with Crippen molar-refractivity contribution < 1.29 is 5.11 Å². The molecule has 2 N–H and O–H groups in total. The van der Waals surface area contributed by atoms with Gasteiger partial charge in [-0.3, -0.25) is 0 Å². The van der Waals surface area contributed by atoms with Crippen LogP contribution in [0.15, 0.2) is 60.9 Å². The fourth-order valence-corrected chi connectivity index (χ4v) is 2.89. The molecule has 0 aliphatic rings. The normalized spacial score (nSPS) is 12.1. The summed E-state index contributed by atoms with van der Waals surface area (Å²) in [5, 5.41) is 14.7. The molecule has 3 aromatic rings. The maximum absolute atomic E-state index is 10.7. The third-order valence-electron chi connectivity index (χ3n) is 4.00. The number of rotatable bonds is 6. The SMILES string of the molecule is CCn1ccnc1CNc1ccc(Cl)cc1C(O)c1ccccc1. The molecule has 0 radical (unpaired) electrons. The van der Waals surface area contributed by atoms with Crippen molar-refractivity contribution in [3.05, 3.63) is 82.9 Å². The van der Waals surface area contributed by atoms with Gasteiger partial charge in [-0.15, -0.1) is 0 Å². The lowest BCUT2D eigenvalue weighted by Gasteiger charge is -2.18. The molecule has 0 saturated heterocycles. The van der Waals surface area contributed by atoms with Crippen molar-refractivity contribution in [1.82, 2.24) is 9.55 Å². The molecule has 124 valence electrons. The smallest absolute Gasteiger partial charge is 0.128 e. The number of hydrogen-bond donors (Lipinski definition) is 2. The first-order chi connectivity index (χ1) is 11.7.